The van der Waals surface area contributed by atoms with Crippen molar-refractivity contribution < 1.29 is 13.2 Å². The first-order valence-corrected chi connectivity index (χ1v) is 8.57. The minimum Gasteiger partial charge on any atom is -0.354 e. The number of alkyl halides is 3. The van der Waals surface area contributed by atoms with Crippen LogP contribution in [0.15, 0.2) is 43.0 Å². The summed E-state index contributed by atoms with van der Waals surface area (Å²) < 4.78 is 36.9. The molecule has 138 valence electrons. The summed E-state index contributed by atoms with van der Waals surface area (Å²) >= 11 is 0. The molecule has 0 aliphatic heterocycles. The zero-order valence-corrected chi connectivity index (χ0v) is 14.3. The van der Waals surface area contributed by atoms with E-state index < -0.39 is 12.6 Å². The molecule has 1 aliphatic rings. The average Bonchev–Trinajstić information content (AvgIpc) is 2.66. The molecule has 0 saturated carbocycles. The molecule has 0 amide bonds. The van der Waals surface area contributed by atoms with Gasteiger partial charge in [0.1, 0.15) is 6.33 Å². The van der Waals surface area contributed by atoms with Gasteiger partial charge in [-0.05, 0) is 36.1 Å². The molecule has 2 heterocycles. The van der Waals surface area contributed by atoms with Crippen molar-refractivity contribution in [2.24, 2.45) is 0 Å². The van der Waals surface area contributed by atoms with Gasteiger partial charge in [-0.3, -0.25) is 0 Å². The van der Waals surface area contributed by atoms with E-state index in [0.29, 0.717) is 0 Å². The zero-order valence-electron chi connectivity index (χ0n) is 14.3. The number of allylic oxidation sites excluding steroid dienone is 1. The van der Waals surface area contributed by atoms with E-state index in [1.807, 2.05) is 18.2 Å². The van der Waals surface area contributed by atoms with Gasteiger partial charge in [-0.2, -0.15) is 13.2 Å². The Morgan fingerprint density at radius 3 is 2.85 bits per heavy atom. The number of benzene rings is 1. The van der Waals surface area contributed by atoms with Gasteiger partial charge in [0.15, 0.2) is 0 Å². The molecule has 0 spiro atoms. The van der Waals surface area contributed by atoms with Crippen LogP contribution in [0.2, 0.25) is 0 Å². The largest absolute Gasteiger partial charge is 0.390 e. The maximum atomic E-state index is 12.3. The lowest BCUT2D eigenvalue weighted by atomic mass is 9.90. The van der Waals surface area contributed by atoms with Crippen molar-refractivity contribution in [3.05, 3.63) is 59.8 Å². The molecule has 0 atom stereocenters. The summed E-state index contributed by atoms with van der Waals surface area (Å²) in [5, 5.41) is 3.59. The number of hydrogen-bond donors (Lipinski definition) is 1. The number of halogens is 3. The maximum absolute atomic E-state index is 12.3. The lowest BCUT2D eigenvalue weighted by molar-refractivity contribution is -0.131. The predicted molar refractivity (Wildman–Crippen MR) is 96.1 cm³/mol. The highest BCUT2D eigenvalue weighted by atomic mass is 19.4. The third-order valence-corrected chi connectivity index (χ3v) is 4.39. The molecule has 8 heteroatoms. The number of hydrogen-bond acceptors (Lipinski definition) is 5. The first-order chi connectivity index (χ1) is 13.0. The fourth-order valence-electron chi connectivity index (χ4n) is 3.12. The number of nitrogens with one attached hydrogen (secondary N) is 1. The van der Waals surface area contributed by atoms with E-state index >= 15 is 0 Å². The average molecular weight is 371 g/mol. The van der Waals surface area contributed by atoms with Crippen LogP contribution in [0, 0.1) is 0 Å². The molecule has 0 bridgehead atoms. The van der Waals surface area contributed by atoms with Crippen LogP contribution in [-0.2, 0) is 6.42 Å². The fraction of sp³-hybridized carbons (Fsp3) is 0.263. The lowest BCUT2D eigenvalue weighted by Crippen LogP contribution is -2.16. The topological polar surface area (TPSA) is 63.6 Å². The molecule has 2 aromatic heterocycles. The molecule has 0 fully saturated rings. The third-order valence-electron chi connectivity index (χ3n) is 4.39. The predicted octanol–water partition coefficient (Wildman–Crippen LogP) is 4.16. The molecular weight excluding hydrogens is 355 g/mol. The van der Waals surface area contributed by atoms with Crippen LogP contribution in [0.4, 0.5) is 19.1 Å². The molecule has 1 N–H and O–H groups in total. The van der Waals surface area contributed by atoms with Gasteiger partial charge in [-0.1, -0.05) is 12.1 Å². The van der Waals surface area contributed by atoms with Gasteiger partial charge in [0.25, 0.3) is 0 Å². The van der Waals surface area contributed by atoms with Crippen molar-refractivity contribution in [1.29, 1.82) is 0 Å². The summed E-state index contributed by atoms with van der Waals surface area (Å²) in [6, 6.07) is 5.95. The van der Waals surface area contributed by atoms with Crippen LogP contribution in [0.5, 0.6) is 0 Å². The van der Waals surface area contributed by atoms with Gasteiger partial charge in [-0.25, -0.2) is 19.9 Å². The van der Waals surface area contributed by atoms with Gasteiger partial charge >= 0.3 is 6.18 Å². The van der Waals surface area contributed by atoms with Crippen molar-refractivity contribution in [2.75, 3.05) is 11.9 Å². The Morgan fingerprint density at radius 2 is 2.00 bits per heavy atom. The summed E-state index contributed by atoms with van der Waals surface area (Å²) in [7, 11) is 0. The Balaban J connectivity index is 1.59. The monoisotopic (exact) mass is 371 g/mol. The van der Waals surface area contributed by atoms with E-state index in [0.717, 1.165) is 46.1 Å². The van der Waals surface area contributed by atoms with Gasteiger partial charge in [0.2, 0.25) is 5.95 Å². The quantitative estimate of drug-likeness (QED) is 0.746. The smallest absolute Gasteiger partial charge is 0.354 e. The van der Waals surface area contributed by atoms with Crippen LogP contribution >= 0.6 is 0 Å². The SMILES string of the molecule is FC(F)(F)CCNc1ncc2c(n1)CCC=C2c1ccc2ncncc2c1. The van der Waals surface area contributed by atoms with E-state index in [1.165, 1.54) is 6.33 Å². The minimum atomic E-state index is -4.20. The fourth-order valence-corrected chi connectivity index (χ4v) is 3.12. The number of aromatic nitrogens is 4. The first kappa shape index (κ1) is 17.4. The normalized spacial score (nSPS) is 14.0. The molecular formula is C19H16F3N5. The maximum Gasteiger partial charge on any atom is 0.390 e. The summed E-state index contributed by atoms with van der Waals surface area (Å²) in [6.45, 7) is -0.240. The number of anilines is 1. The molecule has 0 unspecified atom stereocenters. The molecule has 3 aromatic rings. The third kappa shape index (κ3) is 3.89. The second-order valence-corrected chi connectivity index (χ2v) is 6.30. The number of rotatable bonds is 4. The van der Waals surface area contributed by atoms with Crippen molar-refractivity contribution in [3.8, 4) is 0 Å². The molecule has 1 aliphatic carbocycles. The Morgan fingerprint density at radius 1 is 1.11 bits per heavy atom. The Kier molecular flexibility index (Phi) is 4.47. The second-order valence-electron chi connectivity index (χ2n) is 6.30. The minimum absolute atomic E-state index is 0.228. The molecule has 4 rings (SSSR count). The Bertz CT molecular complexity index is 1010. The van der Waals surface area contributed by atoms with Crippen LogP contribution in [-0.4, -0.2) is 32.7 Å². The van der Waals surface area contributed by atoms with E-state index in [1.54, 1.807) is 12.4 Å². The van der Waals surface area contributed by atoms with Crippen LogP contribution in [0.3, 0.4) is 0 Å². The number of aryl methyl sites for hydroxylation is 1. The van der Waals surface area contributed by atoms with Crippen LogP contribution in [0.1, 0.15) is 29.7 Å². The molecule has 5 nitrogen and oxygen atoms in total. The van der Waals surface area contributed by atoms with Crippen molar-refractivity contribution >= 4 is 22.4 Å². The van der Waals surface area contributed by atoms with Gasteiger partial charge in [0, 0.05) is 29.9 Å². The van der Waals surface area contributed by atoms with Gasteiger partial charge in [-0.15, -0.1) is 0 Å². The highest BCUT2D eigenvalue weighted by molar-refractivity contribution is 5.88. The Labute approximate surface area is 153 Å². The van der Waals surface area contributed by atoms with Crippen molar-refractivity contribution in [2.45, 2.75) is 25.4 Å². The van der Waals surface area contributed by atoms with Crippen LogP contribution < -0.4 is 5.32 Å². The lowest BCUT2D eigenvalue weighted by Gasteiger charge is -2.18. The van der Waals surface area contributed by atoms with Crippen molar-refractivity contribution in [1.82, 2.24) is 19.9 Å². The Hall–Kier alpha value is -3.03. The first-order valence-electron chi connectivity index (χ1n) is 8.57. The van der Waals surface area contributed by atoms with E-state index in [-0.39, 0.29) is 12.5 Å². The van der Waals surface area contributed by atoms with Gasteiger partial charge in [0.05, 0.1) is 17.6 Å². The zero-order chi connectivity index (χ0) is 18.9. The van der Waals surface area contributed by atoms with Crippen LogP contribution in [0.25, 0.3) is 16.5 Å². The summed E-state index contributed by atoms with van der Waals surface area (Å²) in [6.07, 6.45) is 3.51. The summed E-state index contributed by atoms with van der Waals surface area (Å²) in [4.78, 5) is 16.9. The number of nitrogens with zero attached hydrogens (tertiary/aromatic N) is 4. The molecule has 0 saturated heterocycles. The van der Waals surface area contributed by atoms with E-state index in [9.17, 15) is 13.2 Å². The number of fused-ring (bicyclic) bond motifs is 2. The standard InChI is InChI=1S/C19H16F3N5/c20-19(21,22)6-7-24-18-25-10-15-14(2-1-3-17(15)27-18)12-4-5-16-13(8-12)9-23-11-26-16/h2,4-5,8-11H,1,3,6-7H2,(H,24,25,27). The molecule has 1 aromatic carbocycles. The highest BCUT2D eigenvalue weighted by Gasteiger charge is 2.26. The van der Waals surface area contributed by atoms with E-state index in [2.05, 4.69) is 31.3 Å². The van der Waals surface area contributed by atoms with Crippen molar-refractivity contribution in [3.63, 3.8) is 0 Å². The highest BCUT2D eigenvalue weighted by Crippen LogP contribution is 2.32. The summed E-state index contributed by atoms with van der Waals surface area (Å²) in [5.74, 6) is 0.228. The molecule has 0 radical (unpaired) electrons. The second kappa shape index (κ2) is 6.94. The van der Waals surface area contributed by atoms with E-state index in [4.69, 9.17) is 0 Å². The summed E-state index contributed by atoms with van der Waals surface area (Å²) in [5.41, 5.74) is 4.63. The molecule has 27 heavy (non-hydrogen) atoms. The van der Waals surface area contributed by atoms with Gasteiger partial charge < -0.3 is 5.32 Å².